The van der Waals surface area contributed by atoms with Crippen molar-refractivity contribution in [2.45, 2.75) is 4.90 Å². The van der Waals surface area contributed by atoms with E-state index in [9.17, 15) is 18.5 Å². The standard InChI is InChI=1S/C18H13N3O3S2/c1-26(23,24)14-7-8-15-16(10-14)25-18(20-15)21-17(22)13(11-19)9-12-5-3-2-4-6-12/h2-10H,1H3,(H,20,21,22)/b13-9+. The summed E-state index contributed by atoms with van der Waals surface area (Å²) in [6, 6.07) is 15.5. The summed E-state index contributed by atoms with van der Waals surface area (Å²) in [5.74, 6) is -0.571. The minimum atomic E-state index is -3.32. The van der Waals surface area contributed by atoms with Crippen molar-refractivity contribution in [3.8, 4) is 6.07 Å². The van der Waals surface area contributed by atoms with Crippen molar-refractivity contribution in [2.24, 2.45) is 0 Å². The molecule has 1 aromatic heterocycles. The second-order valence-electron chi connectivity index (χ2n) is 5.46. The smallest absolute Gasteiger partial charge is 0.268 e. The number of carbonyl (C=O) groups is 1. The van der Waals surface area contributed by atoms with Gasteiger partial charge in [0.1, 0.15) is 11.6 Å². The Labute approximate surface area is 154 Å². The minimum absolute atomic E-state index is 0.0488. The molecule has 1 amide bonds. The van der Waals surface area contributed by atoms with Crippen LogP contribution in [0.25, 0.3) is 16.3 Å². The van der Waals surface area contributed by atoms with Gasteiger partial charge >= 0.3 is 0 Å². The summed E-state index contributed by atoms with van der Waals surface area (Å²) in [6.45, 7) is 0. The van der Waals surface area contributed by atoms with Crippen molar-refractivity contribution < 1.29 is 13.2 Å². The van der Waals surface area contributed by atoms with Crippen molar-refractivity contribution in [1.82, 2.24) is 4.98 Å². The lowest BCUT2D eigenvalue weighted by Crippen LogP contribution is -2.13. The predicted molar refractivity (Wildman–Crippen MR) is 101 cm³/mol. The number of fused-ring (bicyclic) bond motifs is 1. The summed E-state index contributed by atoms with van der Waals surface area (Å²) < 4.78 is 23.9. The molecule has 0 aliphatic carbocycles. The molecule has 0 fully saturated rings. The molecule has 3 aromatic rings. The van der Waals surface area contributed by atoms with Crippen LogP contribution in [0.5, 0.6) is 0 Å². The number of aromatic nitrogens is 1. The van der Waals surface area contributed by atoms with Gasteiger partial charge in [-0.15, -0.1) is 0 Å². The Balaban J connectivity index is 1.87. The van der Waals surface area contributed by atoms with Crippen LogP contribution in [0.1, 0.15) is 5.56 Å². The number of benzene rings is 2. The summed E-state index contributed by atoms with van der Waals surface area (Å²) in [5, 5.41) is 12.1. The summed E-state index contributed by atoms with van der Waals surface area (Å²) >= 11 is 1.15. The summed E-state index contributed by atoms with van der Waals surface area (Å²) in [6.07, 6.45) is 2.62. The highest BCUT2D eigenvalue weighted by molar-refractivity contribution is 7.90. The van der Waals surface area contributed by atoms with Gasteiger partial charge in [0.05, 0.1) is 15.1 Å². The average molecular weight is 383 g/mol. The number of hydrogen-bond donors (Lipinski definition) is 1. The third-order valence-corrected chi connectivity index (χ3v) is 5.53. The molecule has 0 aliphatic rings. The second kappa shape index (κ2) is 7.07. The van der Waals surface area contributed by atoms with Gasteiger partial charge in [-0.3, -0.25) is 10.1 Å². The van der Waals surface area contributed by atoms with E-state index in [1.165, 1.54) is 18.2 Å². The molecule has 0 bridgehead atoms. The molecule has 0 unspecified atom stereocenters. The maximum absolute atomic E-state index is 12.3. The van der Waals surface area contributed by atoms with Gasteiger partial charge in [-0.25, -0.2) is 13.4 Å². The Kier molecular flexibility index (Phi) is 4.84. The van der Waals surface area contributed by atoms with E-state index in [0.29, 0.717) is 15.3 Å². The van der Waals surface area contributed by atoms with Crippen LogP contribution in [0.15, 0.2) is 59.0 Å². The zero-order chi connectivity index (χ0) is 18.7. The molecular formula is C18H13N3O3S2. The van der Waals surface area contributed by atoms with Gasteiger partial charge in [0.15, 0.2) is 15.0 Å². The molecule has 0 atom stereocenters. The van der Waals surface area contributed by atoms with Crippen molar-refractivity contribution in [3.05, 3.63) is 59.7 Å². The van der Waals surface area contributed by atoms with Crippen LogP contribution in [0.4, 0.5) is 5.13 Å². The molecule has 0 radical (unpaired) electrons. The van der Waals surface area contributed by atoms with Gasteiger partial charge in [-0.1, -0.05) is 41.7 Å². The number of thiazole rings is 1. The molecule has 26 heavy (non-hydrogen) atoms. The lowest BCUT2D eigenvalue weighted by Gasteiger charge is -1.99. The van der Waals surface area contributed by atoms with E-state index < -0.39 is 15.7 Å². The molecule has 8 heteroatoms. The average Bonchev–Trinajstić information content (AvgIpc) is 3.01. The summed E-state index contributed by atoms with van der Waals surface area (Å²) in [7, 11) is -3.32. The number of nitrogens with one attached hydrogen (secondary N) is 1. The number of hydrogen-bond acceptors (Lipinski definition) is 6. The molecule has 0 spiro atoms. The maximum Gasteiger partial charge on any atom is 0.268 e. The van der Waals surface area contributed by atoms with Crippen LogP contribution < -0.4 is 5.32 Å². The fraction of sp³-hybridized carbons (Fsp3) is 0.0556. The normalized spacial score (nSPS) is 11.9. The molecule has 1 heterocycles. The monoisotopic (exact) mass is 383 g/mol. The van der Waals surface area contributed by atoms with Gasteiger partial charge in [-0.2, -0.15) is 5.26 Å². The molecule has 0 aliphatic heterocycles. The van der Waals surface area contributed by atoms with Crippen LogP contribution in [0, 0.1) is 11.3 Å². The summed E-state index contributed by atoms with van der Waals surface area (Å²) in [4.78, 5) is 16.8. The SMILES string of the molecule is CS(=O)(=O)c1ccc2nc(NC(=O)/C(C#N)=C/c3ccccc3)sc2c1. The van der Waals surface area contributed by atoms with Gasteiger partial charge in [0.25, 0.3) is 5.91 Å². The van der Waals surface area contributed by atoms with Gasteiger partial charge in [-0.05, 0) is 29.8 Å². The highest BCUT2D eigenvalue weighted by Gasteiger charge is 2.14. The zero-order valence-electron chi connectivity index (χ0n) is 13.6. The number of nitrogens with zero attached hydrogens (tertiary/aromatic N) is 2. The number of carbonyl (C=O) groups excluding carboxylic acids is 1. The largest absolute Gasteiger partial charge is 0.297 e. The first-order chi connectivity index (χ1) is 12.4. The van der Waals surface area contributed by atoms with Gasteiger partial charge in [0.2, 0.25) is 0 Å². The Morgan fingerprint density at radius 3 is 2.62 bits per heavy atom. The van der Waals surface area contributed by atoms with E-state index >= 15 is 0 Å². The molecule has 2 aromatic carbocycles. The minimum Gasteiger partial charge on any atom is -0.297 e. The highest BCUT2D eigenvalue weighted by atomic mass is 32.2. The first-order valence-corrected chi connectivity index (χ1v) is 10.2. The van der Waals surface area contributed by atoms with E-state index in [0.717, 1.165) is 23.2 Å². The Morgan fingerprint density at radius 2 is 1.96 bits per heavy atom. The molecule has 0 saturated carbocycles. The topological polar surface area (TPSA) is 99.9 Å². The Bertz CT molecular complexity index is 1160. The predicted octanol–water partition coefficient (Wildman–Crippen LogP) is 3.25. The van der Waals surface area contributed by atoms with Crippen LogP contribution in [-0.2, 0) is 14.6 Å². The fourth-order valence-corrected chi connectivity index (χ4v) is 3.84. The first-order valence-electron chi connectivity index (χ1n) is 7.45. The summed E-state index contributed by atoms with van der Waals surface area (Å²) in [5.41, 5.74) is 1.26. The number of sulfone groups is 1. The molecule has 1 N–H and O–H groups in total. The van der Waals surface area contributed by atoms with E-state index in [1.54, 1.807) is 18.2 Å². The van der Waals surface area contributed by atoms with Crippen molar-refractivity contribution in [2.75, 3.05) is 11.6 Å². The lowest BCUT2D eigenvalue weighted by atomic mass is 10.1. The van der Waals surface area contributed by atoms with Gasteiger partial charge < -0.3 is 0 Å². The third kappa shape index (κ3) is 3.96. The van der Waals surface area contributed by atoms with Crippen LogP contribution in [-0.4, -0.2) is 25.6 Å². The van der Waals surface area contributed by atoms with Crippen molar-refractivity contribution in [3.63, 3.8) is 0 Å². The molecule has 6 nitrogen and oxygen atoms in total. The van der Waals surface area contributed by atoms with E-state index in [-0.39, 0.29) is 10.5 Å². The Morgan fingerprint density at radius 1 is 1.23 bits per heavy atom. The molecule has 0 saturated heterocycles. The van der Waals surface area contributed by atoms with Crippen LogP contribution in [0.2, 0.25) is 0 Å². The van der Waals surface area contributed by atoms with Gasteiger partial charge in [0, 0.05) is 6.26 Å². The van der Waals surface area contributed by atoms with E-state index in [1.807, 2.05) is 24.3 Å². The van der Waals surface area contributed by atoms with Crippen LogP contribution in [0.3, 0.4) is 0 Å². The lowest BCUT2D eigenvalue weighted by molar-refractivity contribution is -0.112. The zero-order valence-corrected chi connectivity index (χ0v) is 15.3. The number of amides is 1. The van der Waals surface area contributed by atoms with E-state index in [2.05, 4.69) is 10.3 Å². The van der Waals surface area contributed by atoms with Crippen molar-refractivity contribution in [1.29, 1.82) is 5.26 Å². The highest BCUT2D eigenvalue weighted by Crippen LogP contribution is 2.28. The second-order valence-corrected chi connectivity index (χ2v) is 8.50. The van der Waals surface area contributed by atoms with Crippen LogP contribution >= 0.6 is 11.3 Å². The maximum atomic E-state index is 12.3. The molecular weight excluding hydrogens is 370 g/mol. The molecule has 3 rings (SSSR count). The molecule has 130 valence electrons. The number of nitriles is 1. The quantitative estimate of drug-likeness (QED) is 0.551. The van der Waals surface area contributed by atoms with Crippen molar-refractivity contribution >= 4 is 48.5 Å². The number of rotatable bonds is 4. The Hall–Kier alpha value is -3.02. The first kappa shape index (κ1) is 17.8. The van der Waals surface area contributed by atoms with E-state index in [4.69, 9.17) is 0 Å². The third-order valence-electron chi connectivity index (χ3n) is 3.48. The fourth-order valence-electron chi connectivity index (χ4n) is 2.22. The number of anilines is 1.